The summed E-state index contributed by atoms with van der Waals surface area (Å²) < 4.78 is 13.2. The van der Waals surface area contributed by atoms with Gasteiger partial charge in [-0.15, -0.1) is 0 Å². The Balaban J connectivity index is 2.37. The Labute approximate surface area is 119 Å². The molecule has 0 heterocycles. The number of anilines is 1. The summed E-state index contributed by atoms with van der Waals surface area (Å²) in [6.45, 7) is 0. The van der Waals surface area contributed by atoms with E-state index in [1.807, 2.05) is 0 Å². The fraction of sp³-hybridized carbons (Fsp3) is 0.0714. The SMILES string of the molecule is O=C(O)C(Nc1cccc(Cl)c1)c1cc(F)ccc1O. The lowest BCUT2D eigenvalue weighted by molar-refractivity contribution is -0.138. The minimum absolute atomic E-state index is 0.0579. The predicted octanol–water partition coefficient (Wildman–Crippen LogP) is 3.42. The largest absolute Gasteiger partial charge is 0.508 e. The zero-order valence-electron chi connectivity index (χ0n) is 10.2. The highest BCUT2D eigenvalue weighted by molar-refractivity contribution is 6.30. The van der Waals surface area contributed by atoms with Gasteiger partial charge >= 0.3 is 5.97 Å². The number of aliphatic carboxylic acids is 1. The van der Waals surface area contributed by atoms with Crippen LogP contribution in [-0.4, -0.2) is 16.2 Å². The van der Waals surface area contributed by atoms with Crippen LogP contribution in [0.5, 0.6) is 5.75 Å². The van der Waals surface area contributed by atoms with E-state index in [2.05, 4.69) is 5.32 Å². The van der Waals surface area contributed by atoms with Crippen LogP contribution in [0.4, 0.5) is 10.1 Å². The van der Waals surface area contributed by atoms with E-state index in [4.69, 9.17) is 11.6 Å². The zero-order valence-corrected chi connectivity index (χ0v) is 10.9. The van der Waals surface area contributed by atoms with E-state index in [-0.39, 0.29) is 11.3 Å². The van der Waals surface area contributed by atoms with Gasteiger partial charge in [-0.3, -0.25) is 0 Å². The van der Waals surface area contributed by atoms with Crippen molar-refractivity contribution in [3.8, 4) is 5.75 Å². The first-order valence-electron chi connectivity index (χ1n) is 5.70. The van der Waals surface area contributed by atoms with Gasteiger partial charge in [0.05, 0.1) is 0 Å². The monoisotopic (exact) mass is 295 g/mol. The van der Waals surface area contributed by atoms with Crippen molar-refractivity contribution in [1.29, 1.82) is 0 Å². The Bertz CT molecular complexity index is 648. The van der Waals surface area contributed by atoms with Gasteiger partial charge in [0.2, 0.25) is 0 Å². The summed E-state index contributed by atoms with van der Waals surface area (Å²) in [5.41, 5.74) is 0.394. The summed E-state index contributed by atoms with van der Waals surface area (Å²) in [5, 5.41) is 22.1. The third kappa shape index (κ3) is 3.19. The molecule has 0 aliphatic rings. The number of phenolic OH excluding ortho intramolecular Hbond substituents is 1. The number of hydrogen-bond acceptors (Lipinski definition) is 3. The molecule has 2 aromatic carbocycles. The molecule has 6 heteroatoms. The Morgan fingerprint density at radius 1 is 1.25 bits per heavy atom. The first-order valence-corrected chi connectivity index (χ1v) is 6.08. The van der Waals surface area contributed by atoms with Gasteiger partial charge in [-0.2, -0.15) is 0 Å². The van der Waals surface area contributed by atoms with Crippen molar-refractivity contribution >= 4 is 23.3 Å². The predicted molar refractivity (Wildman–Crippen MR) is 73.5 cm³/mol. The lowest BCUT2D eigenvalue weighted by Gasteiger charge is -2.17. The molecule has 104 valence electrons. The molecule has 2 rings (SSSR count). The average Bonchev–Trinajstić information content (AvgIpc) is 2.39. The number of phenols is 1. The van der Waals surface area contributed by atoms with Crippen LogP contribution < -0.4 is 5.32 Å². The number of benzene rings is 2. The van der Waals surface area contributed by atoms with Crippen molar-refractivity contribution in [1.82, 2.24) is 0 Å². The van der Waals surface area contributed by atoms with Crippen LogP contribution >= 0.6 is 11.6 Å². The molecule has 0 aliphatic heterocycles. The smallest absolute Gasteiger partial charge is 0.330 e. The molecule has 0 radical (unpaired) electrons. The van der Waals surface area contributed by atoms with E-state index in [1.54, 1.807) is 18.2 Å². The molecule has 4 nitrogen and oxygen atoms in total. The van der Waals surface area contributed by atoms with Gasteiger partial charge in [0.15, 0.2) is 6.04 Å². The van der Waals surface area contributed by atoms with Crippen molar-refractivity contribution in [3.63, 3.8) is 0 Å². The molecule has 0 aliphatic carbocycles. The molecule has 1 unspecified atom stereocenters. The molecule has 0 saturated carbocycles. The van der Waals surface area contributed by atoms with Gasteiger partial charge in [0, 0.05) is 16.3 Å². The summed E-state index contributed by atoms with van der Waals surface area (Å²) in [4.78, 5) is 11.3. The van der Waals surface area contributed by atoms with Crippen molar-refractivity contribution in [2.45, 2.75) is 6.04 Å². The van der Waals surface area contributed by atoms with Crippen LogP contribution in [0.3, 0.4) is 0 Å². The Kier molecular flexibility index (Phi) is 4.10. The van der Waals surface area contributed by atoms with Crippen molar-refractivity contribution < 1.29 is 19.4 Å². The zero-order chi connectivity index (χ0) is 14.7. The van der Waals surface area contributed by atoms with Crippen LogP contribution in [0.1, 0.15) is 11.6 Å². The van der Waals surface area contributed by atoms with Gasteiger partial charge in [-0.05, 0) is 36.4 Å². The van der Waals surface area contributed by atoms with Gasteiger partial charge < -0.3 is 15.5 Å². The maximum Gasteiger partial charge on any atom is 0.330 e. The number of nitrogens with one attached hydrogen (secondary N) is 1. The Morgan fingerprint density at radius 3 is 2.65 bits per heavy atom. The minimum Gasteiger partial charge on any atom is -0.508 e. The number of carbonyl (C=O) groups is 1. The minimum atomic E-state index is -1.29. The third-order valence-electron chi connectivity index (χ3n) is 2.68. The highest BCUT2D eigenvalue weighted by Gasteiger charge is 2.23. The molecule has 0 bridgehead atoms. The second-order valence-electron chi connectivity index (χ2n) is 4.13. The number of carboxylic acids is 1. The normalized spacial score (nSPS) is 11.9. The van der Waals surface area contributed by atoms with Gasteiger partial charge in [-0.25, -0.2) is 9.18 Å². The number of hydrogen-bond donors (Lipinski definition) is 3. The molecule has 2 aromatic rings. The van der Waals surface area contributed by atoms with E-state index in [1.165, 1.54) is 6.07 Å². The summed E-state index contributed by atoms with van der Waals surface area (Å²) in [6.07, 6.45) is 0. The van der Waals surface area contributed by atoms with Gasteiger partial charge in [0.25, 0.3) is 0 Å². The maximum absolute atomic E-state index is 13.2. The summed E-state index contributed by atoms with van der Waals surface area (Å²) in [5.74, 6) is -2.17. The molecule has 3 N–H and O–H groups in total. The molecule has 0 fully saturated rings. The summed E-state index contributed by atoms with van der Waals surface area (Å²) >= 11 is 5.81. The topological polar surface area (TPSA) is 69.6 Å². The lowest BCUT2D eigenvalue weighted by atomic mass is 10.1. The van der Waals surface area contributed by atoms with E-state index in [9.17, 15) is 19.4 Å². The van der Waals surface area contributed by atoms with Crippen LogP contribution in [0.15, 0.2) is 42.5 Å². The van der Waals surface area contributed by atoms with E-state index >= 15 is 0 Å². The van der Waals surface area contributed by atoms with Crippen molar-refractivity contribution in [2.24, 2.45) is 0 Å². The molecule has 1 atom stereocenters. The number of rotatable bonds is 4. The quantitative estimate of drug-likeness (QED) is 0.808. The maximum atomic E-state index is 13.2. The third-order valence-corrected chi connectivity index (χ3v) is 2.92. The van der Waals surface area contributed by atoms with E-state index < -0.39 is 17.8 Å². The first-order chi connectivity index (χ1) is 9.47. The average molecular weight is 296 g/mol. The van der Waals surface area contributed by atoms with Crippen LogP contribution in [0, 0.1) is 5.82 Å². The Morgan fingerprint density at radius 2 is 2.00 bits per heavy atom. The summed E-state index contributed by atoms with van der Waals surface area (Å²) in [7, 11) is 0. The molecule has 20 heavy (non-hydrogen) atoms. The molecule has 0 aromatic heterocycles. The number of aromatic hydroxyl groups is 1. The van der Waals surface area contributed by atoms with Crippen LogP contribution in [-0.2, 0) is 4.79 Å². The first kappa shape index (κ1) is 14.1. The fourth-order valence-electron chi connectivity index (χ4n) is 1.77. The number of carboxylic acid groups (broad SMARTS) is 1. The second-order valence-corrected chi connectivity index (χ2v) is 4.57. The molecular weight excluding hydrogens is 285 g/mol. The van der Waals surface area contributed by atoms with Crippen molar-refractivity contribution in [3.05, 3.63) is 58.9 Å². The lowest BCUT2D eigenvalue weighted by Crippen LogP contribution is -2.20. The Hall–Kier alpha value is -2.27. The highest BCUT2D eigenvalue weighted by atomic mass is 35.5. The number of halogens is 2. The van der Waals surface area contributed by atoms with Crippen molar-refractivity contribution in [2.75, 3.05) is 5.32 Å². The summed E-state index contributed by atoms with van der Waals surface area (Å²) in [6, 6.07) is 8.30. The molecule has 0 saturated heterocycles. The fourth-order valence-corrected chi connectivity index (χ4v) is 1.96. The second kappa shape index (κ2) is 5.79. The molecule has 0 amide bonds. The van der Waals surface area contributed by atoms with Crippen LogP contribution in [0.2, 0.25) is 5.02 Å². The van der Waals surface area contributed by atoms with E-state index in [0.29, 0.717) is 10.7 Å². The molecule has 0 spiro atoms. The van der Waals surface area contributed by atoms with Crippen LogP contribution in [0.25, 0.3) is 0 Å². The standard InChI is InChI=1S/C14H11ClFNO3/c15-8-2-1-3-10(6-8)17-13(14(19)20)11-7-9(16)4-5-12(11)18/h1-7,13,17-18H,(H,19,20). The molecular formula is C14H11ClFNO3. The van der Waals surface area contributed by atoms with Gasteiger partial charge in [-0.1, -0.05) is 17.7 Å². The van der Waals surface area contributed by atoms with Gasteiger partial charge in [0.1, 0.15) is 11.6 Å². The highest BCUT2D eigenvalue weighted by Crippen LogP contribution is 2.29. The van der Waals surface area contributed by atoms with E-state index in [0.717, 1.165) is 18.2 Å².